The van der Waals surface area contributed by atoms with Gasteiger partial charge in [-0.25, -0.2) is 23.2 Å². The van der Waals surface area contributed by atoms with E-state index in [2.05, 4.69) is 15.1 Å². The Morgan fingerprint density at radius 2 is 1.04 bits per heavy atom. The normalized spacial score (nSPS) is 24.1. The fourth-order valence-corrected chi connectivity index (χ4v) is 7.06. The summed E-state index contributed by atoms with van der Waals surface area (Å²) in [6.45, 7) is 20.7. The third-order valence-electron chi connectivity index (χ3n) is 9.94. The highest BCUT2D eigenvalue weighted by atomic mass is 19.1. The molecule has 15 heteroatoms. The summed E-state index contributed by atoms with van der Waals surface area (Å²) in [4.78, 5) is 54.9. The fraction of sp³-hybridized carbons (Fsp3) is 0.895. The Balaban J connectivity index is 0.000000329. The van der Waals surface area contributed by atoms with Crippen LogP contribution >= 0.6 is 0 Å². The van der Waals surface area contributed by atoms with E-state index in [1.165, 1.54) is 0 Å². The number of ether oxygens (including phenoxy) is 2. The Morgan fingerprint density at radius 3 is 1.36 bits per heavy atom. The van der Waals surface area contributed by atoms with Crippen LogP contribution in [0.3, 0.4) is 0 Å². The summed E-state index contributed by atoms with van der Waals surface area (Å²) < 4.78 is 39.3. The van der Waals surface area contributed by atoms with Crippen molar-refractivity contribution in [2.75, 3.05) is 65.6 Å². The number of rotatable bonds is 6. The van der Waals surface area contributed by atoms with Crippen molar-refractivity contribution in [2.24, 2.45) is 5.73 Å². The first-order chi connectivity index (χ1) is 24.6. The number of aliphatic carboxylic acids is 1. The zero-order valence-corrected chi connectivity index (χ0v) is 33.8. The van der Waals surface area contributed by atoms with Gasteiger partial charge in [-0.1, -0.05) is 0 Å². The van der Waals surface area contributed by atoms with Crippen molar-refractivity contribution in [2.45, 2.75) is 154 Å². The molecule has 13 nitrogen and oxygen atoms in total. The zero-order valence-electron chi connectivity index (χ0n) is 33.8. The van der Waals surface area contributed by atoms with E-state index in [-0.39, 0.29) is 49.5 Å². The molecule has 4 N–H and O–H groups in total. The molecule has 4 aliphatic rings. The lowest BCUT2D eigenvalue weighted by atomic mass is 9.89. The van der Waals surface area contributed by atoms with E-state index < -0.39 is 28.8 Å². The molecule has 3 amide bonds. The van der Waals surface area contributed by atoms with Crippen molar-refractivity contribution in [3.63, 3.8) is 0 Å². The Labute approximate surface area is 316 Å². The molecule has 0 spiro atoms. The van der Waals surface area contributed by atoms with Crippen LogP contribution in [0, 0.1) is 0 Å². The summed E-state index contributed by atoms with van der Waals surface area (Å²) in [7, 11) is 0. The number of alkyl halides is 2. The van der Waals surface area contributed by atoms with Gasteiger partial charge in [-0.3, -0.25) is 4.79 Å². The summed E-state index contributed by atoms with van der Waals surface area (Å²) in [6, 6.07) is 0.627. The second-order valence-electron chi connectivity index (χ2n) is 16.9. The Morgan fingerprint density at radius 1 is 0.679 bits per heavy atom. The summed E-state index contributed by atoms with van der Waals surface area (Å²) >= 11 is 0. The van der Waals surface area contributed by atoms with Crippen LogP contribution in [0.15, 0.2) is 0 Å². The predicted octanol–water partition coefficient (Wildman–Crippen LogP) is 5.35. The van der Waals surface area contributed by atoms with Gasteiger partial charge < -0.3 is 45.2 Å². The Kier molecular flexibility index (Phi) is 18.2. The largest absolute Gasteiger partial charge is 0.479 e. The number of carbonyl (C=O) groups excluding carboxylic acids is 3. The minimum Gasteiger partial charge on any atom is -0.479 e. The smallest absolute Gasteiger partial charge is 0.409 e. The Bertz CT molecular complexity index is 1160. The van der Waals surface area contributed by atoms with Gasteiger partial charge >= 0.3 is 18.2 Å². The van der Waals surface area contributed by atoms with Gasteiger partial charge in [-0.15, -0.1) is 0 Å². The van der Waals surface area contributed by atoms with Crippen molar-refractivity contribution >= 4 is 24.1 Å². The maximum atomic E-state index is 15.1. The molecule has 4 rings (SSSR count). The van der Waals surface area contributed by atoms with E-state index in [1.807, 2.05) is 48.5 Å². The number of carboxylic acids is 1. The van der Waals surface area contributed by atoms with Gasteiger partial charge in [0.05, 0.1) is 13.2 Å². The molecule has 0 bridgehead atoms. The SMILES string of the molecule is CC(C)(C)N.CCOC(=O)N1CCCC(N2CCC(F)(C(=O)NC(C)(C)C)CC2)CC1.CCOC(=O)N1CCCC(N2CCC(F)(C(=O)O)CC2)CC1. The van der Waals surface area contributed by atoms with E-state index in [0.29, 0.717) is 71.6 Å². The maximum Gasteiger partial charge on any atom is 0.409 e. The molecule has 0 aromatic carbocycles. The van der Waals surface area contributed by atoms with Crippen LogP contribution in [-0.4, -0.2) is 149 Å². The molecular weight excluding hydrogens is 690 g/mol. The number of amides is 3. The third-order valence-corrected chi connectivity index (χ3v) is 9.94. The molecule has 4 saturated heterocycles. The highest BCUT2D eigenvalue weighted by Crippen LogP contribution is 2.32. The topological polar surface area (TPSA) is 158 Å². The first-order valence-electron chi connectivity index (χ1n) is 19.6. The Hall–Kier alpha value is -2.78. The second kappa shape index (κ2) is 20.8. The van der Waals surface area contributed by atoms with E-state index in [4.69, 9.17) is 20.3 Å². The molecule has 0 radical (unpaired) electrons. The van der Waals surface area contributed by atoms with Crippen molar-refractivity contribution in [1.29, 1.82) is 0 Å². The quantitative estimate of drug-likeness (QED) is 0.323. The molecule has 4 aliphatic heterocycles. The molecule has 53 heavy (non-hydrogen) atoms. The third kappa shape index (κ3) is 16.2. The number of hydrogen-bond acceptors (Lipinski definition) is 9. The van der Waals surface area contributed by atoms with E-state index >= 15 is 4.39 Å². The van der Waals surface area contributed by atoms with Crippen molar-refractivity contribution in [3.05, 3.63) is 0 Å². The standard InChI is InChI=1S/C19H34FN3O3.C15H25FN2O4.C4H11N/c1-5-26-17(25)23-11-6-7-15(8-12-23)22-13-9-19(20,10-14-22)16(24)21-18(2,3)4;1-2-22-14(21)18-8-3-4-12(5-9-18)17-10-6-15(16,7-11-17)13(19)20;1-4(2,3)5/h15H,5-14H2,1-4H3,(H,21,24);12H,2-11H2,1H3,(H,19,20);5H2,1-3H3. The second-order valence-corrected chi connectivity index (χ2v) is 16.9. The van der Waals surface area contributed by atoms with E-state index in [9.17, 15) is 23.6 Å². The number of nitrogens with one attached hydrogen (secondary N) is 1. The van der Waals surface area contributed by atoms with Gasteiger partial charge in [0, 0.05) is 101 Å². The molecule has 4 heterocycles. The fourth-order valence-electron chi connectivity index (χ4n) is 7.06. The monoisotopic (exact) mass is 761 g/mol. The molecule has 308 valence electrons. The number of likely N-dealkylation sites (tertiary alicyclic amines) is 4. The highest BCUT2D eigenvalue weighted by molar-refractivity contribution is 5.85. The maximum absolute atomic E-state index is 15.1. The lowest BCUT2D eigenvalue weighted by molar-refractivity contribution is -0.154. The van der Waals surface area contributed by atoms with Crippen LogP contribution in [0.5, 0.6) is 0 Å². The number of hydrogen-bond donors (Lipinski definition) is 3. The molecule has 0 aliphatic carbocycles. The minimum atomic E-state index is -2.07. The minimum absolute atomic E-state index is 0. The van der Waals surface area contributed by atoms with Gasteiger partial charge in [0.1, 0.15) is 0 Å². The number of nitrogens with zero attached hydrogens (tertiary/aromatic N) is 4. The van der Waals surface area contributed by atoms with Crippen molar-refractivity contribution in [1.82, 2.24) is 24.9 Å². The summed E-state index contributed by atoms with van der Waals surface area (Å²) in [5, 5.41) is 11.7. The van der Waals surface area contributed by atoms with Gasteiger partial charge in [0.2, 0.25) is 5.67 Å². The van der Waals surface area contributed by atoms with Gasteiger partial charge in [-0.2, -0.15) is 0 Å². The number of halogens is 2. The molecule has 0 aromatic rings. The van der Waals surface area contributed by atoms with Crippen LogP contribution in [0.25, 0.3) is 0 Å². The molecule has 4 fully saturated rings. The average molecular weight is 761 g/mol. The first kappa shape index (κ1) is 46.4. The lowest BCUT2D eigenvalue weighted by Gasteiger charge is -2.40. The van der Waals surface area contributed by atoms with Crippen LogP contribution in [-0.2, 0) is 19.1 Å². The average Bonchev–Trinajstić information content (AvgIpc) is 3.47. The molecule has 0 saturated carbocycles. The predicted molar refractivity (Wildman–Crippen MR) is 201 cm³/mol. The van der Waals surface area contributed by atoms with Crippen LogP contribution in [0.1, 0.15) is 120 Å². The van der Waals surface area contributed by atoms with Crippen molar-refractivity contribution < 1.29 is 42.5 Å². The first-order valence-corrected chi connectivity index (χ1v) is 19.6. The van der Waals surface area contributed by atoms with Crippen LogP contribution in [0.4, 0.5) is 18.4 Å². The number of carboxylic acid groups (broad SMARTS) is 1. The molecule has 2 unspecified atom stereocenters. The molecule has 2 atom stereocenters. The highest BCUT2D eigenvalue weighted by Gasteiger charge is 2.45. The summed E-state index contributed by atoms with van der Waals surface area (Å²) in [5.74, 6) is -1.83. The van der Waals surface area contributed by atoms with Crippen LogP contribution in [0.2, 0.25) is 0 Å². The number of piperidine rings is 2. The lowest BCUT2D eigenvalue weighted by Crippen LogP contribution is -2.56. The van der Waals surface area contributed by atoms with Crippen molar-refractivity contribution in [3.8, 4) is 0 Å². The summed E-state index contributed by atoms with van der Waals surface area (Å²) in [5.41, 5.74) is 1.09. The molecule has 0 aromatic heterocycles. The number of nitrogens with two attached hydrogens (primary N) is 1. The summed E-state index contributed by atoms with van der Waals surface area (Å²) in [6.07, 6.45) is 5.47. The molecular formula is C38H70F2N6O7. The van der Waals surface area contributed by atoms with E-state index in [1.54, 1.807) is 16.7 Å². The zero-order chi connectivity index (χ0) is 40.0. The van der Waals surface area contributed by atoms with E-state index in [0.717, 1.165) is 38.5 Å². The van der Waals surface area contributed by atoms with Gasteiger partial charge in [0.15, 0.2) is 5.67 Å². The number of carbonyl (C=O) groups is 4. The van der Waals surface area contributed by atoms with Gasteiger partial charge in [0.25, 0.3) is 5.91 Å². The van der Waals surface area contributed by atoms with Gasteiger partial charge in [-0.05, 0) is 93.9 Å². The van der Waals surface area contributed by atoms with Crippen LogP contribution < -0.4 is 11.1 Å².